The maximum Gasteiger partial charge on any atom is 0.153 e. The minimum Gasteiger partial charge on any atom is -0.494 e. The Morgan fingerprint density at radius 3 is 2.71 bits per heavy atom. The Labute approximate surface area is 206 Å². The predicted octanol–water partition coefficient (Wildman–Crippen LogP) is 5.32. The molecule has 3 aromatic rings. The fourth-order valence-electron chi connectivity index (χ4n) is 5.03. The van der Waals surface area contributed by atoms with E-state index in [9.17, 15) is 9.90 Å². The zero-order chi connectivity index (χ0) is 24.4. The summed E-state index contributed by atoms with van der Waals surface area (Å²) in [6.07, 6.45) is 5.23. The lowest BCUT2D eigenvalue weighted by molar-refractivity contribution is -0.123. The van der Waals surface area contributed by atoms with Crippen LogP contribution in [0.3, 0.4) is 0 Å². The molecule has 1 aromatic carbocycles. The van der Waals surface area contributed by atoms with Gasteiger partial charge in [-0.25, -0.2) is 4.98 Å². The number of carbonyl (C=O) groups excluding carboxylic acids is 1. The summed E-state index contributed by atoms with van der Waals surface area (Å²) < 4.78 is 5.49. The largest absolute Gasteiger partial charge is 0.494 e. The van der Waals surface area contributed by atoms with E-state index in [1.54, 1.807) is 0 Å². The van der Waals surface area contributed by atoms with Gasteiger partial charge in [-0.3, -0.25) is 9.89 Å². The number of H-pyrrole nitrogens is 1. The summed E-state index contributed by atoms with van der Waals surface area (Å²) in [7, 11) is 0. The van der Waals surface area contributed by atoms with Crippen LogP contribution in [-0.4, -0.2) is 32.7 Å². The highest BCUT2D eigenvalue weighted by Crippen LogP contribution is 2.43. The number of anilines is 2. The molecule has 184 valence electrons. The highest BCUT2D eigenvalue weighted by Gasteiger charge is 2.42. The first-order valence-electron chi connectivity index (χ1n) is 12.7. The van der Waals surface area contributed by atoms with Crippen LogP contribution in [0.2, 0.25) is 0 Å². The lowest BCUT2D eigenvalue weighted by atomic mass is 9.91. The Balaban J connectivity index is 1.21. The van der Waals surface area contributed by atoms with Crippen LogP contribution < -0.4 is 10.1 Å². The van der Waals surface area contributed by atoms with Crippen molar-refractivity contribution in [1.29, 1.82) is 0 Å². The molecular weight excluding hydrogens is 440 g/mol. The maximum absolute atomic E-state index is 13.0. The molecule has 0 amide bonds. The van der Waals surface area contributed by atoms with Crippen molar-refractivity contribution < 1.29 is 14.6 Å². The van der Waals surface area contributed by atoms with Gasteiger partial charge in [-0.15, -0.1) is 0 Å². The van der Waals surface area contributed by atoms with Gasteiger partial charge in [0.2, 0.25) is 0 Å². The number of ketones is 1. The zero-order valence-electron chi connectivity index (χ0n) is 20.5. The monoisotopic (exact) mass is 474 g/mol. The molecule has 7 heteroatoms. The van der Waals surface area contributed by atoms with E-state index >= 15 is 0 Å². The Morgan fingerprint density at radius 2 is 1.97 bits per heavy atom. The summed E-state index contributed by atoms with van der Waals surface area (Å²) in [6.45, 7) is 4.59. The number of hydrogen-bond acceptors (Lipinski definition) is 6. The van der Waals surface area contributed by atoms with E-state index in [4.69, 9.17) is 9.72 Å². The Morgan fingerprint density at radius 1 is 1.17 bits per heavy atom. The number of aromatic nitrogens is 3. The number of Topliss-reactive ketones (excluding diaryl/α,β-unsaturated/α-hetero) is 1. The van der Waals surface area contributed by atoms with Crippen LogP contribution in [0.15, 0.2) is 42.5 Å². The van der Waals surface area contributed by atoms with Gasteiger partial charge >= 0.3 is 0 Å². The van der Waals surface area contributed by atoms with Crippen LogP contribution in [0, 0.1) is 12.8 Å². The third-order valence-electron chi connectivity index (χ3n) is 7.16. The molecule has 0 saturated heterocycles. The molecule has 0 aliphatic heterocycles. The number of ether oxygens (including phenoxy) is 1. The van der Waals surface area contributed by atoms with Crippen molar-refractivity contribution in [3.8, 4) is 5.75 Å². The average molecular weight is 475 g/mol. The van der Waals surface area contributed by atoms with Crippen molar-refractivity contribution in [2.24, 2.45) is 5.92 Å². The molecule has 0 radical (unpaired) electrons. The van der Waals surface area contributed by atoms with Crippen molar-refractivity contribution in [3.63, 3.8) is 0 Å². The maximum atomic E-state index is 13.0. The zero-order valence-corrected chi connectivity index (χ0v) is 20.5. The van der Waals surface area contributed by atoms with Crippen LogP contribution >= 0.6 is 0 Å². The van der Waals surface area contributed by atoms with Gasteiger partial charge in [-0.1, -0.05) is 12.1 Å². The Hall–Kier alpha value is -3.19. The average Bonchev–Trinajstić information content (AvgIpc) is 3.46. The molecule has 2 heterocycles. The van der Waals surface area contributed by atoms with Crippen LogP contribution in [0.25, 0.3) is 0 Å². The number of nitrogens with one attached hydrogen (secondary N) is 2. The minimum absolute atomic E-state index is 0.145. The summed E-state index contributed by atoms with van der Waals surface area (Å²) in [5, 5.41) is 22.2. The molecule has 1 unspecified atom stereocenters. The van der Waals surface area contributed by atoms with Crippen LogP contribution in [0.4, 0.5) is 11.6 Å². The quantitative estimate of drug-likeness (QED) is 0.368. The van der Waals surface area contributed by atoms with Crippen LogP contribution in [-0.2, 0) is 16.8 Å². The second kappa shape index (κ2) is 9.82. The molecule has 0 bridgehead atoms. The fourth-order valence-corrected chi connectivity index (χ4v) is 5.03. The van der Waals surface area contributed by atoms with Crippen molar-refractivity contribution >= 4 is 17.4 Å². The van der Waals surface area contributed by atoms with Crippen molar-refractivity contribution in [3.05, 3.63) is 65.0 Å². The van der Waals surface area contributed by atoms with E-state index in [2.05, 4.69) is 15.5 Å². The first kappa shape index (κ1) is 23.5. The van der Waals surface area contributed by atoms with Gasteiger partial charge < -0.3 is 15.2 Å². The Kier molecular flexibility index (Phi) is 6.60. The third-order valence-corrected chi connectivity index (χ3v) is 7.16. The first-order valence-corrected chi connectivity index (χ1v) is 12.7. The number of pyridine rings is 1. The summed E-state index contributed by atoms with van der Waals surface area (Å²) >= 11 is 0. The van der Waals surface area contributed by atoms with E-state index in [0.29, 0.717) is 56.1 Å². The standard InChI is InChI=1S/C28H34N4O3/c1-3-35-22-9-4-19(5-10-22)6-11-24(33)21-12-13-28(34,17-21)25-14-18(2)15-26(29-25)30-27-16-23(31-32-27)20-7-8-20/h4-5,9-10,14-16,20-21,34H,3,6-8,11-13,17H2,1-2H3,(H2,29,30,31,32)/t21?,28-/m1/s1. The smallest absolute Gasteiger partial charge is 0.153 e. The van der Waals surface area contributed by atoms with Crippen molar-refractivity contribution in [2.75, 3.05) is 11.9 Å². The SMILES string of the molecule is CCOc1ccc(CCC(=O)C2CC[C@](O)(c3cc(C)cc(Nc4cc(C5CC5)[nH]n4)n3)C2)cc1. The van der Waals surface area contributed by atoms with Crippen LogP contribution in [0.1, 0.15) is 73.9 Å². The highest BCUT2D eigenvalue weighted by atomic mass is 16.5. The normalized spacial score (nSPS) is 21.7. The topological polar surface area (TPSA) is 100 Å². The number of benzene rings is 1. The van der Waals surface area contributed by atoms with Gasteiger partial charge in [0, 0.05) is 30.0 Å². The molecule has 5 rings (SSSR count). The number of aryl methyl sites for hydroxylation is 2. The minimum atomic E-state index is -1.09. The summed E-state index contributed by atoms with van der Waals surface area (Å²) in [5.41, 5.74) is 2.82. The van der Waals surface area contributed by atoms with Crippen LogP contribution in [0.5, 0.6) is 5.75 Å². The second-order valence-corrected chi connectivity index (χ2v) is 10.0. The van der Waals surface area contributed by atoms with Gasteiger partial charge in [-0.05, 0) is 87.8 Å². The molecule has 2 atom stereocenters. The molecular formula is C28H34N4O3. The van der Waals surface area contributed by atoms with E-state index in [1.165, 1.54) is 12.8 Å². The molecule has 2 aliphatic carbocycles. The molecule has 35 heavy (non-hydrogen) atoms. The second-order valence-electron chi connectivity index (χ2n) is 10.0. The van der Waals surface area contributed by atoms with E-state index < -0.39 is 5.60 Å². The number of aliphatic hydroxyl groups is 1. The molecule has 3 N–H and O–H groups in total. The molecule has 2 saturated carbocycles. The Bertz CT molecular complexity index is 1190. The summed E-state index contributed by atoms with van der Waals surface area (Å²) in [4.78, 5) is 17.7. The van der Waals surface area contributed by atoms with Gasteiger partial charge in [0.05, 0.1) is 12.3 Å². The molecule has 2 aliphatic rings. The highest BCUT2D eigenvalue weighted by molar-refractivity contribution is 5.81. The number of carbonyl (C=O) groups is 1. The lowest BCUT2D eigenvalue weighted by Crippen LogP contribution is -2.25. The van der Waals surface area contributed by atoms with Crippen molar-refractivity contribution in [1.82, 2.24) is 15.2 Å². The van der Waals surface area contributed by atoms with Crippen molar-refractivity contribution in [2.45, 2.75) is 70.3 Å². The summed E-state index contributed by atoms with van der Waals surface area (Å²) in [6, 6.07) is 13.8. The number of hydrogen-bond donors (Lipinski definition) is 3. The number of rotatable bonds is 10. The van der Waals surface area contributed by atoms with E-state index in [-0.39, 0.29) is 11.7 Å². The van der Waals surface area contributed by atoms with E-state index in [0.717, 1.165) is 28.4 Å². The molecule has 7 nitrogen and oxygen atoms in total. The molecule has 2 aromatic heterocycles. The fraction of sp³-hybridized carbons (Fsp3) is 0.464. The number of nitrogens with zero attached hydrogens (tertiary/aromatic N) is 2. The third kappa shape index (κ3) is 5.56. The molecule has 2 fully saturated rings. The van der Waals surface area contributed by atoms with E-state index in [1.807, 2.05) is 56.3 Å². The van der Waals surface area contributed by atoms with Gasteiger partial charge in [0.15, 0.2) is 5.82 Å². The predicted molar refractivity (Wildman–Crippen MR) is 135 cm³/mol. The summed E-state index contributed by atoms with van der Waals surface area (Å²) in [5.74, 6) is 2.91. The van der Waals surface area contributed by atoms with Gasteiger partial charge in [0.25, 0.3) is 0 Å². The molecule has 0 spiro atoms. The lowest BCUT2D eigenvalue weighted by Gasteiger charge is -2.23. The van der Waals surface area contributed by atoms with Gasteiger partial charge in [-0.2, -0.15) is 5.10 Å². The van der Waals surface area contributed by atoms with Gasteiger partial charge in [0.1, 0.15) is 23.0 Å². The first-order chi connectivity index (χ1) is 16.9. The number of aromatic amines is 1.